The summed E-state index contributed by atoms with van der Waals surface area (Å²) in [6, 6.07) is 17.0. The van der Waals surface area contributed by atoms with Crippen molar-refractivity contribution in [2.24, 2.45) is 5.92 Å². The predicted molar refractivity (Wildman–Crippen MR) is 202 cm³/mol. The molecule has 2 aromatic carbocycles. The van der Waals surface area contributed by atoms with Gasteiger partial charge in [-0.25, -0.2) is 19.6 Å². The highest BCUT2D eigenvalue weighted by atomic mass is 35.5. The van der Waals surface area contributed by atoms with Crippen LogP contribution in [0.2, 0.25) is 29.4 Å². The van der Waals surface area contributed by atoms with Crippen molar-refractivity contribution in [2.45, 2.75) is 103 Å². The van der Waals surface area contributed by atoms with Crippen molar-refractivity contribution in [2.75, 3.05) is 6.17 Å². The lowest BCUT2D eigenvalue weighted by molar-refractivity contribution is 0.0173. The van der Waals surface area contributed by atoms with Gasteiger partial charge in [-0.15, -0.1) is 0 Å². The lowest BCUT2D eigenvalue weighted by atomic mass is 10.0. The number of rotatable bonds is 5. The van der Waals surface area contributed by atoms with Crippen molar-refractivity contribution in [1.29, 1.82) is 0 Å². The average Bonchev–Trinajstić information content (AvgIpc) is 3.34. The Labute approximate surface area is 310 Å². The highest BCUT2D eigenvalue weighted by molar-refractivity contribution is 6.78. The summed E-state index contributed by atoms with van der Waals surface area (Å²) in [6.45, 7) is 15.8. The van der Waals surface area contributed by atoms with Crippen LogP contribution in [-0.4, -0.2) is 73.4 Å². The van der Waals surface area contributed by atoms with Crippen LogP contribution in [0, 0.1) is 5.92 Å². The predicted octanol–water partition coefficient (Wildman–Crippen LogP) is 10.1. The molecule has 0 radical (unpaired) electrons. The van der Waals surface area contributed by atoms with Gasteiger partial charge in [0.1, 0.15) is 22.9 Å². The molecule has 51 heavy (non-hydrogen) atoms. The fraction of sp³-hybridized carbons (Fsp3) is 0.474. The Bertz CT molecular complexity index is 1960. The molecule has 270 valence electrons. The van der Waals surface area contributed by atoms with E-state index in [0.29, 0.717) is 34.0 Å². The minimum absolute atomic E-state index is 0.192. The van der Waals surface area contributed by atoms with E-state index in [9.17, 15) is 9.59 Å². The van der Waals surface area contributed by atoms with E-state index in [1.54, 1.807) is 0 Å². The van der Waals surface area contributed by atoms with Crippen molar-refractivity contribution in [1.82, 2.24) is 29.7 Å². The lowest BCUT2D eigenvalue weighted by Crippen LogP contribution is -2.39. The van der Waals surface area contributed by atoms with Crippen molar-refractivity contribution < 1.29 is 19.1 Å². The van der Waals surface area contributed by atoms with Gasteiger partial charge in [-0.05, 0) is 77.5 Å². The first-order valence-corrected chi connectivity index (χ1v) is 21.8. The van der Waals surface area contributed by atoms with Gasteiger partial charge in [-0.3, -0.25) is 4.90 Å². The Balaban J connectivity index is 1.06. The number of carbonyl (C=O) groups is 2. The standard InChI is InChI=1S/C38H46Cl2N6O4Si/c1-37(2,3)49-35(47)45-20-51(7,8)19-28(45)34-42-30(32(40)44-34)24-15-11-22(12-16-24)21-9-13-23(14-10-21)29-31(39)43-33(41-29)27-18-25-17-26(25)46(27)36(48)50-38(4,5)6/h9-16,25-28H,17-20H2,1-8H3,(H,41,43)(H,42,44)/t25-,26-,27+,28+/m1/s1. The van der Waals surface area contributed by atoms with Crippen LogP contribution in [0.25, 0.3) is 33.6 Å². The SMILES string of the molecule is CC(C)(C)OC(=O)N1C[Si](C)(C)C[C@H]1c1nc(Cl)c(-c2ccc(-c3ccc(-c4[nH]c([C@@H]5C[C@H]6C[C@H]6N5C(=O)OC(C)(C)C)nc4Cl)cc3)cc2)[nH]1. The number of hydrogen-bond donors (Lipinski definition) is 2. The fourth-order valence-corrected chi connectivity index (χ4v) is 10.8. The number of aromatic amines is 2. The maximum atomic E-state index is 13.1. The summed E-state index contributed by atoms with van der Waals surface area (Å²) in [5, 5.41) is 0.748. The zero-order valence-corrected chi connectivity index (χ0v) is 32.9. The largest absolute Gasteiger partial charge is 0.444 e. The summed E-state index contributed by atoms with van der Waals surface area (Å²) < 4.78 is 11.5. The number of hydrogen-bond acceptors (Lipinski definition) is 6. The van der Waals surface area contributed by atoms with Crippen LogP contribution in [0.15, 0.2) is 48.5 Å². The molecule has 4 heterocycles. The molecule has 2 saturated heterocycles. The molecule has 2 aliphatic heterocycles. The Hall–Kier alpha value is -3.80. The van der Waals surface area contributed by atoms with Gasteiger partial charge in [0.25, 0.3) is 0 Å². The van der Waals surface area contributed by atoms with Crippen molar-refractivity contribution in [3.63, 3.8) is 0 Å². The number of fused-ring (bicyclic) bond motifs is 1. The molecule has 3 fully saturated rings. The quantitative estimate of drug-likeness (QED) is 0.196. The van der Waals surface area contributed by atoms with E-state index < -0.39 is 19.3 Å². The molecule has 7 rings (SSSR count). The van der Waals surface area contributed by atoms with Crippen molar-refractivity contribution >= 4 is 43.5 Å². The average molecular weight is 750 g/mol. The first kappa shape index (κ1) is 35.6. The summed E-state index contributed by atoms with van der Waals surface area (Å²) >= 11 is 13.4. The zero-order chi connectivity index (χ0) is 36.6. The molecule has 10 nitrogen and oxygen atoms in total. The molecular weight excluding hydrogens is 703 g/mol. The van der Waals surface area contributed by atoms with Crippen molar-refractivity contribution in [3.05, 3.63) is 70.5 Å². The van der Waals surface area contributed by atoms with Crippen LogP contribution in [0.1, 0.15) is 78.1 Å². The molecule has 0 unspecified atom stereocenters. The van der Waals surface area contributed by atoms with Crippen LogP contribution in [0.5, 0.6) is 0 Å². The topological polar surface area (TPSA) is 116 Å². The number of aromatic nitrogens is 4. The minimum atomic E-state index is -1.68. The third-order valence-electron chi connectivity index (χ3n) is 9.72. The Morgan fingerprint density at radius 1 is 0.725 bits per heavy atom. The highest BCUT2D eigenvalue weighted by Gasteiger charge is 2.56. The van der Waals surface area contributed by atoms with Gasteiger partial charge in [-0.2, -0.15) is 0 Å². The monoisotopic (exact) mass is 748 g/mol. The van der Waals surface area contributed by atoms with Crippen LogP contribution in [0.3, 0.4) is 0 Å². The van der Waals surface area contributed by atoms with Gasteiger partial charge in [0.2, 0.25) is 0 Å². The van der Waals surface area contributed by atoms with E-state index in [4.69, 9.17) is 32.7 Å². The molecule has 2 aromatic heterocycles. The third-order valence-corrected chi connectivity index (χ3v) is 13.0. The molecule has 4 aromatic rings. The number of amides is 2. The summed E-state index contributed by atoms with van der Waals surface area (Å²) in [5.74, 6) is 1.84. The van der Waals surface area contributed by atoms with Crippen LogP contribution in [-0.2, 0) is 9.47 Å². The van der Waals surface area contributed by atoms with E-state index in [2.05, 4.69) is 57.3 Å². The second-order valence-electron chi connectivity index (χ2n) is 16.9. The molecule has 0 bridgehead atoms. The van der Waals surface area contributed by atoms with Crippen LogP contribution >= 0.6 is 23.2 Å². The third kappa shape index (κ3) is 7.43. The van der Waals surface area contributed by atoms with E-state index in [1.807, 2.05) is 75.6 Å². The number of halogens is 2. The molecule has 1 saturated carbocycles. The first-order chi connectivity index (χ1) is 23.9. The maximum Gasteiger partial charge on any atom is 0.411 e. The van der Waals surface area contributed by atoms with Gasteiger partial charge in [0.05, 0.1) is 31.5 Å². The number of H-pyrrole nitrogens is 2. The summed E-state index contributed by atoms with van der Waals surface area (Å²) in [6.07, 6.45) is 1.93. The smallest absolute Gasteiger partial charge is 0.411 e. The first-order valence-electron chi connectivity index (χ1n) is 17.6. The summed E-state index contributed by atoms with van der Waals surface area (Å²) in [7, 11) is -1.68. The van der Waals surface area contributed by atoms with E-state index in [0.717, 1.165) is 52.5 Å². The molecule has 4 atom stereocenters. The fourth-order valence-electron chi connectivity index (χ4n) is 7.40. The second kappa shape index (κ2) is 12.7. The number of ether oxygens (including phenoxy) is 2. The molecule has 0 spiro atoms. The summed E-state index contributed by atoms with van der Waals surface area (Å²) in [5.41, 5.74) is 4.17. The molecule has 2 N–H and O–H groups in total. The van der Waals surface area contributed by atoms with E-state index in [1.165, 1.54) is 0 Å². The minimum Gasteiger partial charge on any atom is -0.444 e. The number of nitrogens with zero attached hydrogens (tertiary/aromatic N) is 4. The van der Waals surface area contributed by atoms with E-state index >= 15 is 0 Å². The number of benzene rings is 2. The Morgan fingerprint density at radius 3 is 1.67 bits per heavy atom. The van der Waals surface area contributed by atoms with Crippen LogP contribution in [0.4, 0.5) is 9.59 Å². The van der Waals surface area contributed by atoms with Gasteiger partial charge in [0, 0.05) is 23.3 Å². The number of imidazole rings is 2. The van der Waals surface area contributed by atoms with Gasteiger partial charge in [0.15, 0.2) is 10.3 Å². The van der Waals surface area contributed by atoms with Gasteiger partial charge >= 0.3 is 12.2 Å². The van der Waals surface area contributed by atoms with Crippen molar-refractivity contribution in [3.8, 4) is 33.6 Å². The number of nitrogens with one attached hydrogen (secondary N) is 2. The van der Waals surface area contributed by atoms with E-state index in [-0.39, 0.29) is 30.3 Å². The zero-order valence-electron chi connectivity index (χ0n) is 30.4. The number of carbonyl (C=O) groups excluding carboxylic acids is 2. The number of likely N-dealkylation sites (tertiary alicyclic amines) is 1. The second-order valence-corrected chi connectivity index (χ2v) is 22.7. The Morgan fingerprint density at radius 2 is 1.18 bits per heavy atom. The molecule has 2 amide bonds. The molecule has 3 aliphatic rings. The molecule has 1 aliphatic carbocycles. The lowest BCUT2D eigenvalue weighted by Gasteiger charge is -2.29. The van der Waals surface area contributed by atoms with Crippen LogP contribution < -0.4 is 0 Å². The summed E-state index contributed by atoms with van der Waals surface area (Å²) in [4.78, 5) is 46.1. The molecule has 13 heteroatoms. The highest BCUT2D eigenvalue weighted by Crippen LogP contribution is 2.54. The van der Waals surface area contributed by atoms with Gasteiger partial charge in [-0.1, -0.05) is 84.8 Å². The molecular formula is C38H46Cl2N6O4Si. The normalized spacial score (nSPS) is 22.6. The maximum absolute atomic E-state index is 13.1. The number of piperidine rings is 1. The van der Waals surface area contributed by atoms with Gasteiger partial charge < -0.3 is 24.3 Å². The Kier molecular flexibility index (Phi) is 8.86.